The summed E-state index contributed by atoms with van der Waals surface area (Å²) in [6.45, 7) is 9.13. The Morgan fingerprint density at radius 1 is 1.25 bits per heavy atom. The van der Waals surface area contributed by atoms with Gasteiger partial charge in [0.15, 0.2) is 0 Å². The number of nitrogens with zero attached hydrogens (tertiary/aromatic N) is 7. The molecule has 1 fully saturated rings. The highest BCUT2D eigenvalue weighted by atomic mass is 16.2. The molecule has 0 aliphatic carbocycles. The minimum absolute atomic E-state index is 0.170. The number of carbonyl (C=O) groups excluding carboxylic acids is 1. The van der Waals surface area contributed by atoms with Crippen LogP contribution in [0, 0.1) is 13.8 Å². The fourth-order valence-electron chi connectivity index (χ4n) is 3.64. The first-order valence-corrected chi connectivity index (χ1v) is 9.84. The van der Waals surface area contributed by atoms with Crippen molar-refractivity contribution in [2.75, 3.05) is 39.1 Å². The maximum atomic E-state index is 13.0. The van der Waals surface area contributed by atoms with Crippen LogP contribution in [0.25, 0.3) is 0 Å². The van der Waals surface area contributed by atoms with E-state index in [0.717, 1.165) is 48.8 Å². The van der Waals surface area contributed by atoms with E-state index in [9.17, 15) is 4.79 Å². The lowest BCUT2D eigenvalue weighted by Crippen LogP contribution is -2.33. The second kappa shape index (κ2) is 8.26. The van der Waals surface area contributed by atoms with Crippen molar-refractivity contribution in [1.29, 1.82) is 0 Å². The van der Waals surface area contributed by atoms with E-state index in [1.54, 1.807) is 18.1 Å². The van der Waals surface area contributed by atoms with E-state index >= 15 is 0 Å². The summed E-state index contributed by atoms with van der Waals surface area (Å²) in [6.07, 6.45) is 2.86. The van der Waals surface area contributed by atoms with Crippen LogP contribution >= 0.6 is 0 Å². The van der Waals surface area contributed by atoms with Gasteiger partial charge < -0.3 is 14.7 Å². The fourth-order valence-corrected chi connectivity index (χ4v) is 3.64. The molecule has 0 saturated carbocycles. The molecule has 0 N–H and O–H groups in total. The molecule has 1 amide bonds. The van der Waals surface area contributed by atoms with E-state index in [-0.39, 0.29) is 11.7 Å². The van der Waals surface area contributed by atoms with Crippen LogP contribution in [-0.4, -0.2) is 75.7 Å². The van der Waals surface area contributed by atoms with Gasteiger partial charge in [-0.15, -0.1) is 0 Å². The zero-order valence-corrected chi connectivity index (χ0v) is 17.8. The third-order valence-electron chi connectivity index (χ3n) is 5.60. The van der Waals surface area contributed by atoms with Crippen molar-refractivity contribution in [3.63, 3.8) is 0 Å². The molecule has 2 aromatic heterocycles. The first-order valence-electron chi connectivity index (χ1n) is 9.84. The number of hydrogen-bond acceptors (Lipinski definition) is 6. The van der Waals surface area contributed by atoms with Crippen molar-refractivity contribution in [3.05, 3.63) is 35.0 Å². The standard InChI is InChI=1S/C20H31N7O/c1-7-27-17(8-10-21-27)12-25(6)20(28)18-22-15(3)14(2)19(23-18)26-11-9-16(13-26)24(4)5/h8,10,16H,7,9,11-13H2,1-6H3/t16-/m1/s1. The second-order valence-electron chi connectivity index (χ2n) is 7.73. The van der Waals surface area contributed by atoms with Gasteiger partial charge in [-0.1, -0.05) is 0 Å². The summed E-state index contributed by atoms with van der Waals surface area (Å²) in [5.74, 6) is 0.972. The van der Waals surface area contributed by atoms with Gasteiger partial charge in [-0.3, -0.25) is 9.48 Å². The zero-order chi connectivity index (χ0) is 20.4. The van der Waals surface area contributed by atoms with Gasteiger partial charge in [-0.2, -0.15) is 5.10 Å². The van der Waals surface area contributed by atoms with Crippen molar-refractivity contribution in [2.45, 2.75) is 46.3 Å². The summed E-state index contributed by atoms with van der Waals surface area (Å²) in [5.41, 5.74) is 2.90. The van der Waals surface area contributed by atoms with E-state index in [2.05, 4.69) is 39.0 Å². The van der Waals surface area contributed by atoms with Crippen LogP contribution < -0.4 is 4.90 Å². The van der Waals surface area contributed by atoms with Gasteiger partial charge in [0, 0.05) is 50.2 Å². The summed E-state index contributed by atoms with van der Waals surface area (Å²) < 4.78 is 1.89. The maximum Gasteiger partial charge on any atom is 0.291 e. The molecular formula is C20H31N7O. The van der Waals surface area contributed by atoms with Gasteiger partial charge >= 0.3 is 0 Å². The van der Waals surface area contributed by atoms with Crippen LogP contribution in [0.5, 0.6) is 0 Å². The zero-order valence-electron chi connectivity index (χ0n) is 17.8. The summed E-state index contributed by atoms with van der Waals surface area (Å²) in [6, 6.07) is 2.44. The van der Waals surface area contributed by atoms with E-state index in [1.165, 1.54) is 0 Å². The number of aryl methyl sites for hydroxylation is 2. The first-order chi connectivity index (χ1) is 13.3. The average Bonchev–Trinajstić information content (AvgIpc) is 3.32. The Morgan fingerprint density at radius 2 is 2.00 bits per heavy atom. The van der Waals surface area contributed by atoms with Gasteiger partial charge in [-0.05, 0) is 47.4 Å². The predicted octanol–water partition coefficient (Wildman–Crippen LogP) is 1.72. The molecule has 1 aliphatic heterocycles. The molecule has 0 radical (unpaired) electrons. The lowest BCUT2D eigenvalue weighted by atomic mass is 10.2. The molecule has 8 heteroatoms. The number of rotatable bonds is 6. The largest absolute Gasteiger partial charge is 0.355 e. The van der Waals surface area contributed by atoms with E-state index < -0.39 is 0 Å². The number of amides is 1. The topological polar surface area (TPSA) is 70.4 Å². The summed E-state index contributed by atoms with van der Waals surface area (Å²) in [5, 5.41) is 4.27. The third-order valence-corrected chi connectivity index (χ3v) is 5.60. The molecule has 28 heavy (non-hydrogen) atoms. The molecule has 3 rings (SSSR count). The number of likely N-dealkylation sites (N-methyl/N-ethyl adjacent to an activating group) is 1. The van der Waals surface area contributed by atoms with E-state index in [4.69, 9.17) is 0 Å². The van der Waals surface area contributed by atoms with Gasteiger partial charge in [0.2, 0.25) is 5.82 Å². The van der Waals surface area contributed by atoms with Gasteiger partial charge in [-0.25, -0.2) is 9.97 Å². The summed E-state index contributed by atoms with van der Waals surface area (Å²) in [4.78, 5) is 28.4. The van der Waals surface area contributed by atoms with Crippen LogP contribution in [0.2, 0.25) is 0 Å². The Bertz CT molecular complexity index is 845. The van der Waals surface area contributed by atoms with Crippen molar-refractivity contribution in [2.24, 2.45) is 0 Å². The van der Waals surface area contributed by atoms with Gasteiger partial charge in [0.25, 0.3) is 5.91 Å². The lowest BCUT2D eigenvalue weighted by molar-refractivity contribution is 0.0769. The smallest absolute Gasteiger partial charge is 0.291 e. The molecule has 8 nitrogen and oxygen atoms in total. The highest BCUT2D eigenvalue weighted by Gasteiger charge is 2.28. The Morgan fingerprint density at radius 3 is 2.64 bits per heavy atom. The Labute approximate surface area is 167 Å². The molecule has 1 aliphatic rings. The van der Waals surface area contributed by atoms with Crippen molar-refractivity contribution in [3.8, 4) is 0 Å². The molecule has 0 bridgehead atoms. The molecule has 3 heterocycles. The minimum Gasteiger partial charge on any atom is -0.355 e. The minimum atomic E-state index is -0.170. The number of anilines is 1. The monoisotopic (exact) mass is 385 g/mol. The highest BCUT2D eigenvalue weighted by Crippen LogP contribution is 2.25. The highest BCUT2D eigenvalue weighted by molar-refractivity contribution is 5.90. The van der Waals surface area contributed by atoms with Crippen LogP contribution in [0.15, 0.2) is 12.3 Å². The molecule has 152 valence electrons. The number of carbonyl (C=O) groups is 1. The maximum absolute atomic E-state index is 13.0. The van der Waals surface area contributed by atoms with Crippen LogP contribution in [0.4, 0.5) is 5.82 Å². The van der Waals surface area contributed by atoms with E-state index in [0.29, 0.717) is 12.6 Å². The number of hydrogen-bond donors (Lipinski definition) is 0. The van der Waals surface area contributed by atoms with Crippen molar-refractivity contribution < 1.29 is 4.79 Å². The normalized spacial score (nSPS) is 16.8. The van der Waals surface area contributed by atoms with Crippen LogP contribution in [-0.2, 0) is 13.1 Å². The van der Waals surface area contributed by atoms with Crippen molar-refractivity contribution >= 4 is 11.7 Å². The predicted molar refractivity (Wildman–Crippen MR) is 110 cm³/mol. The first kappa shape index (κ1) is 20.3. The fraction of sp³-hybridized carbons (Fsp3) is 0.600. The molecule has 0 aromatic carbocycles. The Hall–Kier alpha value is -2.48. The summed E-state index contributed by atoms with van der Waals surface area (Å²) >= 11 is 0. The van der Waals surface area contributed by atoms with Crippen LogP contribution in [0.1, 0.15) is 40.9 Å². The molecule has 1 saturated heterocycles. The number of aromatic nitrogens is 4. The lowest BCUT2D eigenvalue weighted by Gasteiger charge is -2.24. The molecule has 2 aromatic rings. The molecule has 0 unspecified atom stereocenters. The van der Waals surface area contributed by atoms with Gasteiger partial charge in [0.05, 0.1) is 12.2 Å². The van der Waals surface area contributed by atoms with Crippen LogP contribution in [0.3, 0.4) is 0 Å². The Kier molecular flexibility index (Phi) is 5.98. The second-order valence-corrected chi connectivity index (χ2v) is 7.73. The molecule has 0 spiro atoms. The molecule has 1 atom stereocenters. The van der Waals surface area contributed by atoms with E-state index in [1.807, 2.05) is 31.5 Å². The quantitative estimate of drug-likeness (QED) is 0.754. The summed E-state index contributed by atoms with van der Waals surface area (Å²) in [7, 11) is 6.00. The Balaban J connectivity index is 1.82. The van der Waals surface area contributed by atoms with Gasteiger partial charge in [0.1, 0.15) is 5.82 Å². The average molecular weight is 386 g/mol. The third kappa shape index (κ3) is 4.01. The SMILES string of the molecule is CCn1nccc1CN(C)C(=O)c1nc(C)c(C)c(N2CC[C@@H](N(C)C)C2)n1. The molecular weight excluding hydrogens is 354 g/mol. The van der Waals surface area contributed by atoms with Crippen molar-refractivity contribution in [1.82, 2.24) is 29.5 Å².